The summed E-state index contributed by atoms with van der Waals surface area (Å²) in [5.74, 6) is 4.69. The zero-order valence-corrected chi connectivity index (χ0v) is 16.3. The molecular formula is C22H40O. The van der Waals surface area contributed by atoms with Crippen molar-refractivity contribution >= 4 is 0 Å². The SMILES string of the molecule is CC(C)C(CO)[C@@]1(C)CCC2C(CCC3CCCC[C@@]32C)C1C. The lowest BCUT2D eigenvalue weighted by Crippen LogP contribution is -2.54. The lowest BCUT2D eigenvalue weighted by Gasteiger charge is -2.62. The molecule has 0 aliphatic heterocycles. The van der Waals surface area contributed by atoms with Gasteiger partial charge in [-0.05, 0) is 84.9 Å². The molecule has 3 fully saturated rings. The smallest absolute Gasteiger partial charge is 0.0467 e. The maximum atomic E-state index is 10.1. The zero-order valence-electron chi connectivity index (χ0n) is 16.3. The summed E-state index contributed by atoms with van der Waals surface area (Å²) >= 11 is 0. The molecule has 3 aliphatic rings. The molecule has 5 unspecified atom stereocenters. The highest BCUT2D eigenvalue weighted by Crippen LogP contribution is 2.64. The molecule has 0 aromatic carbocycles. The van der Waals surface area contributed by atoms with Gasteiger partial charge in [0, 0.05) is 6.61 Å². The highest BCUT2D eigenvalue weighted by molar-refractivity contribution is 5.05. The predicted molar refractivity (Wildman–Crippen MR) is 98.2 cm³/mol. The van der Waals surface area contributed by atoms with E-state index in [-0.39, 0.29) is 0 Å². The lowest BCUT2D eigenvalue weighted by molar-refractivity contribution is -0.132. The van der Waals surface area contributed by atoms with E-state index in [0.29, 0.717) is 29.3 Å². The Labute approximate surface area is 144 Å². The van der Waals surface area contributed by atoms with Crippen LogP contribution in [0.4, 0.5) is 0 Å². The van der Waals surface area contributed by atoms with Gasteiger partial charge in [0.25, 0.3) is 0 Å². The third-order valence-electron chi connectivity index (χ3n) is 9.19. The minimum absolute atomic E-state index is 0.335. The Morgan fingerprint density at radius 1 is 1.00 bits per heavy atom. The first kappa shape index (κ1) is 17.8. The first-order valence-corrected chi connectivity index (χ1v) is 10.5. The summed E-state index contributed by atoms with van der Waals surface area (Å²) in [6.07, 6.45) is 11.6. The highest BCUT2D eigenvalue weighted by atomic mass is 16.3. The van der Waals surface area contributed by atoms with Crippen LogP contribution in [-0.4, -0.2) is 11.7 Å². The standard InChI is InChI=1S/C22H40O/c1-15(2)20(14-23)21(4)13-11-19-18(16(21)3)10-9-17-8-6-7-12-22(17,19)5/h15-20,23H,6-14H2,1-5H3/t16?,17?,18?,19?,20?,21-,22-/m0/s1. The largest absolute Gasteiger partial charge is 0.396 e. The Morgan fingerprint density at radius 3 is 2.39 bits per heavy atom. The van der Waals surface area contributed by atoms with Gasteiger partial charge in [-0.1, -0.05) is 47.5 Å². The second-order valence-electron chi connectivity index (χ2n) is 10.2. The molecule has 1 N–H and O–H groups in total. The molecule has 0 aromatic heterocycles. The van der Waals surface area contributed by atoms with Crippen LogP contribution in [0.1, 0.15) is 86.0 Å². The quantitative estimate of drug-likeness (QED) is 0.685. The topological polar surface area (TPSA) is 20.2 Å². The van der Waals surface area contributed by atoms with Crippen molar-refractivity contribution in [2.45, 2.75) is 86.0 Å². The fourth-order valence-corrected chi connectivity index (χ4v) is 7.51. The molecule has 1 nitrogen and oxygen atoms in total. The number of aliphatic hydroxyl groups is 1. The molecule has 0 radical (unpaired) electrons. The van der Waals surface area contributed by atoms with E-state index in [1.807, 2.05) is 0 Å². The van der Waals surface area contributed by atoms with Crippen LogP contribution in [-0.2, 0) is 0 Å². The molecule has 134 valence electrons. The maximum absolute atomic E-state index is 10.1. The first-order valence-electron chi connectivity index (χ1n) is 10.5. The number of aliphatic hydroxyl groups excluding tert-OH is 1. The van der Waals surface area contributed by atoms with E-state index in [9.17, 15) is 5.11 Å². The molecule has 0 spiro atoms. The maximum Gasteiger partial charge on any atom is 0.0467 e. The van der Waals surface area contributed by atoms with Crippen LogP contribution >= 0.6 is 0 Å². The van der Waals surface area contributed by atoms with Crippen LogP contribution in [0.15, 0.2) is 0 Å². The van der Waals surface area contributed by atoms with E-state index in [2.05, 4.69) is 34.6 Å². The number of rotatable bonds is 3. The van der Waals surface area contributed by atoms with Gasteiger partial charge in [0.15, 0.2) is 0 Å². The Kier molecular flexibility index (Phi) is 4.91. The normalized spacial score (nSPS) is 48.7. The van der Waals surface area contributed by atoms with Crippen molar-refractivity contribution < 1.29 is 5.11 Å². The number of hydrogen-bond acceptors (Lipinski definition) is 1. The molecule has 3 rings (SSSR count). The van der Waals surface area contributed by atoms with Gasteiger partial charge in [0.2, 0.25) is 0 Å². The average Bonchev–Trinajstić information content (AvgIpc) is 2.50. The fourth-order valence-electron chi connectivity index (χ4n) is 7.51. The first-order chi connectivity index (χ1) is 10.8. The van der Waals surface area contributed by atoms with Crippen LogP contribution < -0.4 is 0 Å². The summed E-state index contributed by atoms with van der Waals surface area (Å²) in [6, 6.07) is 0. The van der Waals surface area contributed by atoms with Gasteiger partial charge in [0.05, 0.1) is 0 Å². The van der Waals surface area contributed by atoms with Crippen molar-refractivity contribution in [3.8, 4) is 0 Å². The van der Waals surface area contributed by atoms with Crippen LogP contribution in [0.5, 0.6) is 0 Å². The molecule has 1 heteroatoms. The number of hydrogen-bond donors (Lipinski definition) is 1. The van der Waals surface area contributed by atoms with Crippen molar-refractivity contribution in [3.05, 3.63) is 0 Å². The summed E-state index contributed by atoms with van der Waals surface area (Å²) in [5, 5.41) is 10.1. The van der Waals surface area contributed by atoms with Gasteiger partial charge < -0.3 is 5.11 Å². The van der Waals surface area contributed by atoms with E-state index in [0.717, 1.165) is 23.7 Å². The summed E-state index contributed by atoms with van der Waals surface area (Å²) in [6.45, 7) is 12.7. The van der Waals surface area contributed by atoms with E-state index < -0.39 is 0 Å². The molecule has 0 heterocycles. The van der Waals surface area contributed by atoms with E-state index >= 15 is 0 Å². The van der Waals surface area contributed by atoms with E-state index in [1.54, 1.807) is 0 Å². The predicted octanol–water partition coefficient (Wildman–Crippen LogP) is 5.91. The molecular weight excluding hydrogens is 280 g/mol. The monoisotopic (exact) mass is 320 g/mol. The molecule has 0 aromatic rings. The second-order valence-corrected chi connectivity index (χ2v) is 10.2. The lowest BCUT2D eigenvalue weighted by atomic mass is 9.43. The fraction of sp³-hybridized carbons (Fsp3) is 1.00. The zero-order chi connectivity index (χ0) is 16.8. The minimum Gasteiger partial charge on any atom is -0.396 e. The van der Waals surface area contributed by atoms with Gasteiger partial charge in [-0.2, -0.15) is 0 Å². The third kappa shape index (κ3) is 2.70. The van der Waals surface area contributed by atoms with Crippen molar-refractivity contribution in [1.29, 1.82) is 0 Å². The summed E-state index contributed by atoms with van der Waals surface area (Å²) in [4.78, 5) is 0. The van der Waals surface area contributed by atoms with Crippen molar-refractivity contribution in [2.75, 3.05) is 6.61 Å². The average molecular weight is 321 g/mol. The number of fused-ring (bicyclic) bond motifs is 3. The Balaban J connectivity index is 1.85. The van der Waals surface area contributed by atoms with Gasteiger partial charge in [-0.15, -0.1) is 0 Å². The molecule has 0 bridgehead atoms. The summed E-state index contributed by atoms with van der Waals surface area (Å²) < 4.78 is 0. The molecule has 3 aliphatic carbocycles. The molecule has 23 heavy (non-hydrogen) atoms. The van der Waals surface area contributed by atoms with Crippen molar-refractivity contribution in [1.82, 2.24) is 0 Å². The Morgan fingerprint density at radius 2 is 1.74 bits per heavy atom. The van der Waals surface area contributed by atoms with Crippen LogP contribution in [0.3, 0.4) is 0 Å². The molecule has 7 atom stereocenters. The van der Waals surface area contributed by atoms with Crippen LogP contribution in [0.25, 0.3) is 0 Å². The van der Waals surface area contributed by atoms with Gasteiger partial charge in [0.1, 0.15) is 0 Å². The van der Waals surface area contributed by atoms with Crippen molar-refractivity contribution in [2.24, 2.45) is 46.3 Å². The van der Waals surface area contributed by atoms with Gasteiger partial charge >= 0.3 is 0 Å². The summed E-state index contributed by atoms with van der Waals surface area (Å²) in [7, 11) is 0. The summed E-state index contributed by atoms with van der Waals surface area (Å²) in [5.41, 5.74) is 0.964. The third-order valence-corrected chi connectivity index (χ3v) is 9.19. The van der Waals surface area contributed by atoms with E-state index in [1.165, 1.54) is 51.4 Å². The molecule has 3 saturated carbocycles. The van der Waals surface area contributed by atoms with Gasteiger partial charge in [-0.3, -0.25) is 0 Å². The Bertz CT molecular complexity index is 416. The van der Waals surface area contributed by atoms with E-state index in [4.69, 9.17) is 0 Å². The van der Waals surface area contributed by atoms with Crippen LogP contribution in [0, 0.1) is 46.3 Å². The van der Waals surface area contributed by atoms with Crippen LogP contribution in [0.2, 0.25) is 0 Å². The van der Waals surface area contributed by atoms with Crippen molar-refractivity contribution in [3.63, 3.8) is 0 Å². The molecule has 0 amide bonds. The second kappa shape index (κ2) is 6.36. The minimum atomic E-state index is 0.335. The Hall–Kier alpha value is -0.0400. The highest BCUT2D eigenvalue weighted by Gasteiger charge is 2.56. The molecule has 0 saturated heterocycles. The van der Waals surface area contributed by atoms with Gasteiger partial charge in [-0.25, -0.2) is 0 Å².